The molecule has 2 aromatic rings. The van der Waals surface area contributed by atoms with Gasteiger partial charge >= 0.3 is 6.03 Å². The number of urea groups is 1. The number of ether oxygens (including phenoxy) is 1. The molecule has 1 heterocycles. The summed E-state index contributed by atoms with van der Waals surface area (Å²) >= 11 is 7.19. The number of nitrogens with zero attached hydrogens (tertiary/aromatic N) is 1. The highest BCUT2D eigenvalue weighted by molar-refractivity contribution is 8.00. The van der Waals surface area contributed by atoms with Gasteiger partial charge in [-0.1, -0.05) is 11.6 Å². The quantitative estimate of drug-likeness (QED) is 0.540. The summed E-state index contributed by atoms with van der Waals surface area (Å²) in [6, 6.07) is 13.8. The maximum atomic E-state index is 12.2. The molecule has 1 aliphatic rings. The van der Waals surface area contributed by atoms with Gasteiger partial charge in [0.05, 0.1) is 12.3 Å². The average molecular weight is 419 g/mol. The number of carbonyl (C=O) groups is 3. The number of halogens is 1. The first-order valence-corrected chi connectivity index (χ1v) is 9.93. The number of ketones is 1. The van der Waals surface area contributed by atoms with Crippen molar-refractivity contribution in [2.24, 2.45) is 0 Å². The first-order chi connectivity index (χ1) is 13.2. The van der Waals surface area contributed by atoms with E-state index in [1.54, 1.807) is 50.2 Å². The lowest BCUT2D eigenvalue weighted by atomic mass is 10.1. The lowest BCUT2D eigenvalue weighted by Crippen LogP contribution is -2.41. The molecule has 3 rings (SSSR count). The molecule has 0 unspecified atom stereocenters. The number of nitrogens with one attached hydrogen (secondary N) is 1. The van der Waals surface area contributed by atoms with Crippen LogP contribution in [0.3, 0.4) is 0 Å². The maximum absolute atomic E-state index is 12.2. The van der Waals surface area contributed by atoms with Crippen LogP contribution in [-0.4, -0.2) is 40.5 Å². The van der Waals surface area contributed by atoms with Crippen molar-refractivity contribution in [3.63, 3.8) is 0 Å². The smallest absolute Gasteiger partial charge is 0.325 e. The number of benzene rings is 2. The van der Waals surface area contributed by atoms with Crippen molar-refractivity contribution >= 4 is 41.1 Å². The number of thioether (sulfide) groups is 1. The maximum Gasteiger partial charge on any atom is 0.325 e. The molecule has 0 bridgehead atoms. The van der Waals surface area contributed by atoms with E-state index < -0.39 is 11.6 Å². The number of amides is 3. The van der Waals surface area contributed by atoms with Crippen molar-refractivity contribution < 1.29 is 19.1 Å². The number of carbonyl (C=O) groups excluding carboxylic acids is 3. The Morgan fingerprint density at radius 3 is 2.18 bits per heavy atom. The van der Waals surface area contributed by atoms with Crippen LogP contribution in [0.1, 0.15) is 13.8 Å². The van der Waals surface area contributed by atoms with Crippen molar-refractivity contribution in [3.05, 3.63) is 53.6 Å². The van der Waals surface area contributed by atoms with Crippen LogP contribution >= 0.6 is 23.4 Å². The first-order valence-electron chi connectivity index (χ1n) is 8.57. The molecule has 0 radical (unpaired) electrons. The van der Waals surface area contributed by atoms with Gasteiger partial charge in [-0.15, -0.1) is 11.8 Å². The highest BCUT2D eigenvalue weighted by Gasteiger charge is 2.44. The van der Waals surface area contributed by atoms with Crippen LogP contribution in [0.4, 0.5) is 4.79 Å². The predicted octanol–water partition coefficient (Wildman–Crippen LogP) is 4.12. The molecule has 0 spiro atoms. The van der Waals surface area contributed by atoms with Gasteiger partial charge in [0.15, 0.2) is 5.78 Å². The topological polar surface area (TPSA) is 75.7 Å². The monoisotopic (exact) mass is 418 g/mol. The van der Waals surface area contributed by atoms with Crippen molar-refractivity contribution in [2.75, 3.05) is 12.3 Å². The van der Waals surface area contributed by atoms with Crippen LogP contribution in [0, 0.1) is 0 Å². The minimum absolute atomic E-state index is 0.162. The van der Waals surface area contributed by atoms with Crippen molar-refractivity contribution in [1.82, 2.24) is 10.2 Å². The SMILES string of the molecule is CC1(C)NC(=O)N(CC(=O)CSc2ccc(Oc3ccc(Cl)cc3)cc2)C1=O. The normalized spacial score (nSPS) is 15.5. The van der Waals surface area contributed by atoms with Crippen LogP contribution in [-0.2, 0) is 9.59 Å². The summed E-state index contributed by atoms with van der Waals surface area (Å²) in [5, 5.41) is 3.20. The van der Waals surface area contributed by atoms with E-state index in [0.29, 0.717) is 16.5 Å². The summed E-state index contributed by atoms with van der Waals surface area (Å²) in [4.78, 5) is 38.0. The van der Waals surface area contributed by atoms with Gasteiger partial charge < -0.3 is 10.1 Å². The molecule has 146 valence electrons. The molecule has 0 saturated carbocycles. The Bertz CT molecular complexity index is 897. The molecule has 28 heavy (non-hydrogen) atoms. The molecule has 0 aliphatic carbocycles. The third-order valence-corrected chi connectivity index (χ3v) is 5.38. The Hall–Kier alpha value is -2.51. The lowest BCUT2D eigenvalue weighted by Gasteiger charge is -2.15. The number of hydrogen-bond acceptors (Lipinski definition) is 5. The van der Waals surface area contributed by atoms with Gasteiger partial charge in [0.25, 0.3) is 5.91 Å². The van der Waals surface area contributed by atoms with Gasteiger partial charge in [-0.25, -0.2) is 4.79 Å². The molecular weight excluding hydrogens is 400 g/mol. The van der Waals surface area contributed by atoms with E-state index in [1.165, 1.54) is 11.8 Å². The predicted molar refractivity (Wildman–Crippen MR) is 108 cm³/mol. The fourth-order valence-electron chi connectivity index (χ4n) is 2.59. The molecule has 1 N–H and O–H groups in total. The molecule has 1 saturated heterocycles. The number of hydrogen-bond donors (Lipinski definition) is 1. The molecule has 1 aliphatic heterocycles. The minimum Gasteiger partial charge on any atom is -0.457 e. The Labute approximate surface area is 172 Å². The first kappa shape index (κ1) is 20.2. The zero-order valence-corrected chi connectivity index (χ0v) is 17.0. The van der Waals surface area contributed by atoms with E-state index in [-0.39, 0.29) is 24.0 Å². The molecule has 0 atom stereocenters. The molecule has 3 amide bonds. The minimum atomic E-state index is -0.968. The number of Topliss-reactive ketones (excluding diaryl/α,β-unsaturated/α-hetero) is 1. The third kappa shape index (κ3) is 4.85. The van der Waals surface area contributed by atoms with Crippen molar-refractivity contribution in [3.8, 4) is 11.5 Å². The second-order valence-electron chi connectivity index (χ2n) is 6.80. The number of rotatable bonds is 7. The van der Waals surface area contributed by atoms with Crippen LogP contribution in [0.15, 0.2) is 53.4 Å². The Kier molecular flexibility index (Phi) is 5.96. The molecule has 2 aromatic carbocycles. The van der Waals surface area contributed by atoms with Crippen LogP contribution in [0.2, 0.25) is 5.02 Å². The van der Waals surface area contributed by atoms with Gasteiger partial charge in [0.1, 0.15) is 17.0 Å². The Morgan fingerprint density at radius 2 is 1.64 bits per heavy atom. The van der Waals surface area contributed by atoms with Crippen LogP contribution in [0.25, 0.3) is 0 Å². The van der Waals surface area contributed by atoms with E-state index in [2.05, 4.69) is 5.32 Å². The Balaban J connectivity index is 1.50. The zero-order valence-electron chi connectivity index (χ0n) is 15.4. The largest absolute Gasteiger partial charge is 0.457 e. The van der Waals surface area contributed by atoms with Gasteiger partial charge in [-0.05, 0) is 62.4 Å². The van der Waals surface area contributed by atoms with Gasteiger partial charge in [-0.2, -0.15) is 0 Å². The van der Waals surface area contributed by atoms with E-state index >= 15 is 0 Å². The van der Waals surface area contributed by atoms with Gasteiger partial charge in [0.2, 0.25) is 0 Å². The van der Waals surface area contributed by atoms with Crippen molar-refractivity contribution in [2.45, 2.75) is 24.3 Å². The Morgan fingerprint density at radius 1 is 1.07 bits per heavy atom. The molecule has 8 heteroatoms. The van der Waals surface area contributed by atoms with E-state index in [0.717, 1.165) is 9.80 Å². The summed E-state index contributed by atoms with van der Waals surface area (Å²) < 4.78 is 5.72. The molecular formula is C20H19ClN2O4S. The summed E-state index contributed by atoms with van der Waals surface area (Å²) in [6.07, 6.45) is 0. The van der Waals surface area contributed by atoms with E-state index in [4.69, 9.17) is 16.3 Å². The van der Waals surface area contributed by atoms with Crippen molar-refractivity contribution in [1.29, 1.82) is 0 Å². The van der Waals surface area contributed by atoms with Gasteiger partial charge in [-0.3, -0.25) is 14.5 Å². The van der Waals surface area contributed by atoms with E-state index in [9.17, 15) is 14.4 Å². The summed E-state index contributed by atoms with van der Waals surface area (Å²) in [6.45, 7) is 3.00. The highest BCUT2D eigenvalue weighted by Crippen LogP contribution is 2.26. The number of imide groups is 1. The fourth-order valence-corrected chi connectivity index (χ4v) is 3.46. The summed E-state index contributed by atoms with van der Waals surface area (Å²) in [7, 11) is 0. The van der Waals surface area contributed by atoms with E-state index in [1.807, 2.05) is 12.1 Å². The average Bonchev–Trinajstić information content (AvgIpc) is 2.85. The van der Waals surface area contributed by atoms with Crippen LogP contribution < -0.4 is 10.1 Å². The summed E-state index contributed by atoms with van der Waals surface area (Å²) in [5.41, 5.74) is -0.968. The van der Waals surface area contributed by atoms with Gasteiger partial charge in [0, 0.05) is 9.92 Å². The lowest BCUT2D eigenvalue weighted by molar-refractivity contribution is -0.133. The molecule has 1 fully saturated rings. The van der Waals surface area contributed by atoms with Crippen LogP contribution in [0.5, 0.6) is 11.5 Å². The second kappa shape index (κ2) is 8.24. The fraction of sp³-hybridized carbons (Fsp3) is 0.250. The standard InChI is InChI=1S/C20H19ClN2O4S/c1-20(2)18(25)23(19(26)22-20)11-14(24)12-28-17-9-7-16(8-10-17)27-15-5-3-13(21)4-6-15/h3-10H,11-12H2,1-2H3,(H,22,26). The highest BCUT2D eigenvalue weighted by atomic mass is 35.5. The zero-order chi connectivity index (χ0) is 20.3. The molecule has 0 aromatic heterocycles. The third-order valence-electron chi connectivity index (χ3n) is 4.05. The molecule has 6 nitrogen and oxygen atoms in total. The second-order valence-corrected chi connectivity index (χ2v) is 8.29. The summed E-state index contributed by atoms with van der Waals surface area (Å²) in [5.74, 6) is 0.915.